The number of hydrogen-bond donors (Lipinski definition) is 3. The number of carbonyl (C=O) groups is 1. The molecule has 1 fully saturated rings. The van der Waals surface area contributed by atoms with Crippen LogP contribution in [0.5, 0.6) is 11.5 Å². The molecule has 0 spiro atoms. The predicted molar refractivity (Wildman–Crippen MR) is 137 cm³/mol. The quantitative estimate of drug-likeness (QED) is 0.282. The molecule has 1 saturated carbocycles. The lowest BCUT2D eigenvalue weighted by Gasteiger charge is -2.21. The standard InChI is InChI=1S/C24H30N4O3.HI/c1-25-24(27-15-18-10-11-21-22(13-18)31-16-30-21)26-14-17-6-5-9-20(12-17)28-23(29)19-7-3-2-4-8-19;/h5-6,9-13,19H,2-4,7-8,14-16H2,1H3,(H,28,29)(H2,25,26,27);1H. The summed E-state index contributed by atoms with van der Waals surface area (Å²) in [5.74, 6) is 2.55. The molecular weight excluding hydrogens is 519 g/mol. The zero-order valence-electron chi connectivity index (χ0n) is 18.4. The molecule has 32 heavy (non-hydrogen) atoms. The second kappa shape index (κ2) is 11.9. The van der Waals surface area contributed by atoms with Crippen molar-refractivity contribution in [2.75, 3.05) is 19.2 Å². The summed E-state index contributed by atoms with van der Waals surface area (Å²) >= 11 is 0. The van der Waals surface area contributed by atoms with Gasteiger partial charge in [0, 0.05) is 31.7 Å². The van der Waals surface area contributed by atoms with Crippen molar-refractivity contribution >= 4 is 41.5 Å². The van der Waals surface area contributed by atoms with Crippen molar-refractivity contribution in [2.45, 2.75) is 45.2 Å². The van der Waals surface area contributed by atoms with Crippen LogP contribution in [-0.4, -0.2) is 25.7 Å². The summed E-state index contributed by atoms with van der Waals surface area (Å²) in [6.45, 7) is 1.50. The average molecular weight is 550 g/mol. The molecule has 7 nitrogen and oxygen atoms in total. The molecule has 2 aliphatic rings. The first-order valence-electron chi connectivity index (χ1n) is 10.9. The van der Waals surface area contributed by atoms with Crippen LogP contribution in [0.25, 0.3) is 0 Å². The minimum atomic E-state index is 0. The van der Waals surface area contributed by atoms with Gasteiger partial charge >= 0.3 is 0 Å². The Morgan fingerprint density at radius 3 is 2.44 bits per heavy atom. The molecule has 0 aromatic heterocycles. The van der Waals surface area contributed by atoms with Crippen LogP contribution in [0.15, 0.2) is 47.5 Å². The summed E-state index contributed by atoms with van der Waals surface area (Å²) in [7, 11) is 1.75. The van der Waals surface area contributed by atoms with Gasteiger partial charge in [0.2, 0.25) is 12.7 Å². The Morgan fingerprint density at radius 1 is 0.969 bits per heavy atom. The number of hydrogen-bond acceptors (Lipinski definition) is 4. The van der Waals surface area contributed by atoms with Crippen LogP contribution in [0.4, 0.5) is 5.69 Å². The van der Waals surface area contributed by atoms with Crippen LogP contribution in [0.1, 0.15) is 43.2 Å². The van der Waals surface area contributed by atoms with Crippen molar-refractivity contribution in [1.82, 2.24) is 10.6 Å². The molecule has 8 heteroatoms. The number of rotatable bonds is 6. The highest BCUT2D eigenvalue weighted by atomic mass is 127. The van der Waals surface area contributed by atoms with Crippen LogP contribution in [0.3, 0.4) is 0 Å². The summed E-state index contributed by atoms with van der Waals surface area (Å²) in [5.41, 5.74) is 3.00. The van der Waals surface area contributed by atoms with Crippen LogP contribution >= 0.6 is 24.0 Å². The van der Waals surface area contributed by atoms with Crippen LogP contribution in [-0.2, 0) is 17.9 Å². The van der Waals surface area contributed by atoms with Crippen molar-refractivity contribution in [2.24, 2.45) is 10.9 Å². The molecular formula is C24H31IN4O3. The normalized spacial score (nSPS) is 15.6. The number of halogens is 1. The van der Waals surface area contributed by atoms with Gasteiger partial charge in [-0.1, -0.05) is 37.5 Å². The molecule has 0 unspecified atom stereocenters. The van der Waals surface area contributed by atoms with Gasteiger partial charge in [0.15, 0.2) is 17.5 Å². The zero-order chi connectivity index (χ0) is 21.5. The third-order valence-electron chi connectivity index (χ3n) is 5.75. The van der Waals surface area contributed by atoms with E-state index < -0.39 is 0 Å². The van der Waals surface area contributed by atoms with E-state index in [-0.39, 0.29) is 42.6 Å². The Bertz CT molecular complexity index is 945. The van der Waals surface area contributed by atoms with Crippen LogP contribution in [0, 0.1) is 5.92 Å². The summed E-state index contributed by atoms with van der Waals surface area (Å²) < 4.78 is 10.8. The second-order valence-electron chi connectivity index (χ2n) is 7.99. The van der Waals surface area contributed by atoms with Crippen molar-refractivity contribution < 1.29 is 14.3 Å². The van der Waals surface area contributed by atoms with Crippen molar-refractivity contribution in [3.8, 4) is 11.5 Å². The number of ether oxygens (including phenoxy) is 2. The fraction of sp³-hybridized carbons (Fsp3) is 0.417. The number of anilines is 1. The van der Waals surface area contributed by atoms with E-state index in [0.717, 1.165) is 54.0 Å². The Morgan fingerprint density at radius 2 is 1.69 bits per heavy atom. The molecule has 1 heterocycles. The van der Waals surface area contributed by atoms with Crippen molar-refractivity contribution in [1.29, 1.82) is 0 Å². The molecule has 2 aromatic rings. The van der Waals surface area contributed by atoms with E-state index in [2.05, 4.69) is 20.9 Å². The number of benzene rings is 2. The summed E-state index contributed by atoms with van der Waals surface area (Å²) in [5, 5.41) is 9.72. The first kappa shape index (κ1) is 24.2. The highest BCUT2D eigenvalue weighted by Gasteiger charge is 2.21. The monoisotopic (exact) mass is 550 g/mol. The number of aliphatic imine (C=N–C) groups is 1. The van der Waals surface area contributed by atoms with E-state index in [0.29, 0.717) is 19.0 Å². The third kappa shape index (κ3) is 6.51. The van der Waals surface area contributed by atoms with E-state index >= 15 is 0 Å². The third-order valence-corrected chi connectivity index (χ3v) is 5.75. The smallest absolute Gasteiger partial charge is 0.231 e. The maximum atomic E-state index is 12.5. The fourth-order valence-electron chi connectivity index (χ4n) is 4.01. The number of nitrogens with zero attached hydrogens (tertiary/aromatic N) is 1. The Hall–Kier alpha value is -2.49. The number of fused-ring (bicyclic) bond motifs is 1. The molecule has 1 aliphatic carbocycles. The maximum Gasteiger partial charge on any atom is 0.231 e. The highest BCUT2D eigenvalue weighted by Crippen LogP contribution is 2.32. The lowest BCUT2D eigenvalue weighted by Crippen LogP contribution is -2.36. The van der Waals surface area contributed by atoms with Crippen molar-refractivity contribution in [3.63, 3.8) is 0 Å². The molecule has 0 radical (unpaired) electrons. The fourth-order valence-corrected chi connectivity index (χ4v) is 4.01. The van der Waals surface area contributed by atoms with Gasteiger partial charge < -0.3 is 25.4 Å². The lowest BCUT2D eigenvalue weighted by atomic mass is 9.88. The molecule has 0 saturated heterocycles. The zero-order valence-corrected chi connectivity index (χ0v) is 20.7. The SMILES string of the molecule is CN=C(NCc1cccc(NC(=O)C2CCCCC2)c1)NCc1ccc2c(c1)OCO2.I. The molecule has 1 amide bonds. The highest BCUT2D eigenvalue weighted by molar-refractivity contribution is 14.0. The minimum absolute atomic E-state index is 0. The van der Waals surface area contributed by atoms with E-state index in [1.54, 1.807) is 7.05 Å². The molecule has 0 bridgehead atoms. The van der Waals surface area contributed by atoms with E-state index in [9.17, 15) is 4.79 Å². The summed E-state index contributed by atoms with van der Waals surface area (Å²) in [6, 6.07) is 13.9. The van der Waals surface area contributed by atoms with Gasteiger partial charge in [-0.05, 0) is 48.2 Å². The van der Waals surface area contributed by atoms with Crippen LogP contribution in [0.2, 0.25) is 0 Å². The van der Waals surface area contributed by atoms with Gasteiger partial charge in [-0.25, -0.2) is 0 Å². The summed E-state index contributed by atoms with van der Waals surface area (Å²) in [4.78, 5) is 16.8. The lowest BCUT2D eigenvalue weighted by molar-refractivity contribution is -0.120. The van der Waals surface area contributed by atoms with Crippen molar-refractivity contribution in [3.05, 3.63) is 53.6 Å². The Balaban J connectivity index is 0.00000289. The number of nitrogens with one attached hydrogen (secondary N) is 3. The molecule has 0 atom stereocenters. The molecule has 3 N–H and O–H groups in total. The Kier molecular flexibility index (Phi) is 9.01. The molecule has 2 aromatic carbocycles. The molecule has 4 rings (SSSR count). The Labute approximate surface area is 206 Å². The van der Waals surface area contributed by atoms with E-state index in [1.807, 2.05) is 42.5 Å². The minimum Gasteiger partial charge on any atom is -0.454 e. The van der Waals surface area contributed by atoms with Gasteiger partial charge in [0.05, 0.1) is 0 Å². The largest absolute Gasteiger partial charge is 0.454 e. The van der Waals surface area contributed by atoms with Gasteiger partial charge in [-0.15, -0.1) is 24.0 Å². The number of guanidine groups is 1. The number of amides is 1. The topological polar surface area (TPSA) is 84.0 Å². The first-order valence-corrected chi connectivity index (χ1v) is 10.9. The summed E-state index contributed by atoms with van der Waals surface area (Å²) in [6.07, 6.45) is 5.55. The molecule has 1 aliphatic heterocycles. The van der Waals surface area contributed by atoms with E-state index in [4.69, 9.17) is 9.47 Å². The van der Waals surface area contributed by atoms with Gasteiger partial charge in [0.25, 0.3) is 0 Å². The maximum absolute atomic E-state index is 12.5. The second-order valence-corrected chi connectivity index (χ2v) is 7.99. The van der Waals surface area contributed by atoms with Gasteiger partial charge in [0.1, 0.15) is 0 Å². The van der Waals surface area contributed by atoms with Gasteiger partial charge in [-0.3, -0.25) is 9.79 Å². The predicted octanol–water partition coefficient (Wildman–Crippen LogP) is 4.42. The number of carbonyl (C=O) groups excluding carboxylic acids is 1. The first-order chi connectivity index (χ1) is 15.2. The van der Waals surface area contributed by atoms with Gasteiger partial charge in [-0.2, -0.15) is 0 Å². The average Bonchev–Trinajstić information content (AvgIpc) is 3.28. The molecule has 172 valence electrons. The van der Waals surface area contributed by atoms with E-state index in [1.165, 1.54) is 6.42 Å². The van der Waals surface area contributed by atoms with Crippen LogP contribution < -0.4 is 25.4 Å².